The number of benzene rings is 1. The Morgan fingerprint density at radius 2 is 2.08 bits per heavy atom. The maximum absolute atomic E-state index is 5.12. The summed E-state index contributed by atoms with van der Waals surface area (Å²) in [6.07, 6.45) is 2.01. The molecule has 0 saturated heterocycles. The highest BCUT2D eigenvalue weighted by molar-refractivity contribution is 7.98. The lowest BCUT2D eigenvalue weighted by molar-refractivity contribution is 0.0646. The van der Waals surface area contributed by atoms with Gasteiger partial charge in [-0.2, -0.15) is 0 Å². The SMILES string of the molecule is CSc1ccccc1C(C)ON. The molecule has 1 aromatic carbocycles. The van der Waals surface area contributed by atoms with Gasteiger partial charge in [-0.25, -0.2) is 5.90 Å². The molecule has 0 aliphatic carbocycles. The van der Waals surface area contributed by atoms with Crippen LogP contribution in [0.4, 0.5) is 0 Å². The molecular weight excluding hydrogens is 170 g/mol. The maximum atomic E-state index is 5.12. The van der Waals surface area contributed by atoms with Crippen LogP contribution in [0.25, 0.3) is 0 Å². The Morgan fingerprint density at radius 3 is 2.67 bits per heavy atom. The van der Waals surface area contributed by atoms with Crippen LogP contribution in [-0.4, -0.2) is 6.26 Å². The third-order valence-electron chi connectivity index (χ3n) is 1.78. The number of hydrogen-bond donors (Lipinski definition) is 1. The van der Waals surface area contributed by atoms with Crippen molar-refractivity contribution in [1.82, 2.24) is 0 Å². The van der Waals surface area contributed by atoms with Crippen molar-refractivity contribution in [3.63, 3.8) is 0 Å². The fourth-order valence-electron chi connectivity index (χ4n) is 1.08. The zero-order chi connectivity index (χ0) is 8.97. The number of nitrogens with two attached hydrogens (primary N) is 1. The molecule has 66 valence electrons. The van der Waals surface area contributed by atoms with Crippen molar-refractivity contribution >= 4 is 11.8 Å². The van der Waals surface area contributed by atoms with Crippen LogP contribution >= 0.6 is 11.8 Å². The summed E-state index contributed by atoms with van der Waals surface area (Å²) in [5.41, 5.74) is 1.15. The molecule has 0 aliphatic rings. The minimum Gasteiger partial charge on any atom is -0.297 e. The van der Waals surface area contributed by atoms with Gasteiger partial charge in [0.25, 0.3) is 0 Å². The molecule has 0 saturated carbocycles. The van der Waals surface area contributed by atoms with Crippen LogP contribution < -0.4 is 5.90 Å². The van der Waals surface area contributed by atoms with E-state index in [0.717, 1.165) is 5.56 Å². The zero-order valence-corrected chi connectivity index (χ0v) is 8.10. The Hall–Kier alpha value is -0.510. The van der Waals surface area contributed by atoms with Crippen LogP contribution in [0, 0.1) is 0 Å². The first-order valence-corrected chi connectivity index (χ1v) is 5.00. The van der Waals surface area contributed by atoms with E-state index in [1.807, 2.05) is 31.4 Å². The van der Waals surface area contributed by atoms with Gasteiger partial charge in [-0.05, 0) is 24.8 Å². The fraction of sp³-hybridized carbons (Fsp3) is 0.333. The van der Waals surface area contributed by atoms with Crippen molar-refractivity contribution in [2.24, 2.45) is 5.90 Å². The fourth-order valence-corrected chi connectivity index (χ4v) is 1.76. The minimum atomic E-state index is -0.0337. The molecule has 1 atom stereocenters. The molecular formula is C9H13NOS. The van der Waals surface area contributed by atoms with Gasteiger partial charge in [0.15, 0.2) is 0 Å². The van der Waals surface area contributed by atoms with Gasteiger partial charge in [0.2, 0.25) is 0 Å². The summed E-state index contributed by atoms with van der Waals surface area (Å²) in [6.45, 7) is 1.94. The van der Waals surface area contributed by atoms with Crippen LogP contribution in [0.15, 0.2) is 29.2 Å². The Bertz CT molecular complexity index is 252. The second-order valence-corrected chi connectivity index (χ2v) is 3.37. The molecule has 0 aliphatic heterocycles. The summed E-state index contributed by atoms with van der Waals surface area (Å²) in [5, 5.41) is 0. The first kappa shape index (κ1) is 9.58. The second kappa shape index (κ2) is 4.50. The topological polar surface area (TPSA) is 35.2 Å². The third-order valence-corrected chi connectivity index (χ3v) is 2.59. The Balaban J connectivity index is 2.96. The standard InChI is InChI=1S/C9H13NOS/c1-7(11-10)8-5-3-4-6-9(8)12-2/h3-7H,10H2,1-2H3. The molecule has 0 aromatic heterocycles. The maximum Gasteiger partial charge on any atom is 0.102 e. The molecule has 0 fully saturated rings. The quantitative estimate of drug-likeness (QED) is 0.577. The highest BCUT2D eigenvalue weighted by Crippen LogP contribution is 2.26. The van der Waals surface area contributed by atoms with E-state index in [2.05, 4.69) is 6.07 Å². The van der Waals surface area contributed by atoms with E-state index in [1.54, 1.807) is 11.8 Å². The van der Waals surface area contributed by atoms with Crippen LogP contribution in [0.2, 0.25) is 0 Å². The van der Waals surface area contributed by atoms with Crippen LogP contribution in [0.1, 0.15) is 18.6 Å². The molecule has 3 heteroatoms. The van der Waals surface area contributed by atoms with Gasteiger partial charge in [0.1, 0.15) is 6.10 Å². The van der Waals surface area contributed by atoms with Crippen LogP contribution in [0.5, 0.6) is 0 Å². The normalized spacial score (nSPS) is 12.9. The van der Waals surface area contributed by atoms with E-state index in [0.29, 0.717) is 0 Å². The van der Waals surface area contributed by atoms with E-state index >= 15 is 0 Å². The molecule has 0 bridgehead atoms. The summed E-state index contributed by atoms with van der Waals surface area (Å²) in [7, 11) is 0. The smallest absolute Gasteiger partial charge is 0.102 e. The molecule has 2 N–H and O–H groups in total. The summed E-state index contributed by atoms with van der Waals surface area (Å²) in [5.74, 6) is 5.12. The molecule has 1 unspecified atom stereocenters. The Morgan fingerprint density at radius 1 is 1.42 bits per heavy atom. The Labute approximate surface area is 77.1 Å². The van der Waals surface area contributed by atoms with Gasteiger partial charge in [-0.1, -0.05) is 18.2 Å². The lowest BCUT2D eigenvalue weighted by atomic mass is 10.1. The van der Waals surface area contributed by atoms with Gasteiger partial charge in [0.05, 0.1) is 0 Å². The molecule has 0 radical (unpaired) electrons. The summed E-state index contributed by atoms with van der Waals surface area (Å²) >= 11 is 1.70. The van der Waals surface area contributed by atoms with Gasteiger partial charge in [0, 0.05) is 4.90 Å². The number of rotatable bonds is 3. The summed E-state index contributed by atoms with van der Waals surface area (Å²) in [6, 6.07) is 8.10. The lowest BCUT2D eigenvalue weighted by Crippen LogP contribution is -2.06. The first-order valence-electron chi connectivity index (χ1n) is 3.78. The average Bonchev–Trinajstić information content (AvgIpc) is 2.16. The van der Waals surface area contributed by atoms with Crippen molar-refractivity contribution in [3.8, 4) is 0 Å². The largest absolute Gasteiger partial charge is 0.297 e. The highest BCUT2D eigenvalue weighted by Gasteiger charge is 2.07. The average molecular weight is 183 g/mol. The van der Waals surface area contributed by atoms with Gasteiger partial charge >= 0.3 is 0 Å². The molecule has 0 heterocycles. The molecule has 1 aromatic rings. The molecule has 12 heavy (non-hydrogen) atoms. The molecule has 0 amide bonds. The second-order valence-electron chi connectivity index (χ2n) is 2.52. The van der Waals surface area contributed by atoms with E-state index in [1.165, 1.54) is 4.90 Å². The lowest BCUT2D eigenvalue weighted by Gasteiger charge is -2.12. The van der Waals surface area contributed by atoms with Gasteiger partial charge in [-0.3, -0.25) is 4.84 Å². The monoisotopic (exact) mass is 183 g/mol. The van der Waals surface area contributed by atoms with E-state index in [9.17, 15) is 0 Å². The van der Waals surface area contributed by atoms with Gasteiger partial charge < -0.3 is 0 Å². The first-order chi connectivity index (χ1) is 5.79. The van der Waals surface area contributed by atoms with Crippen LogP contribution in [-0.2, 0) is 4.84 Å². The van der Waals surface area contributed by atoms with Crippen molar-refractivity contribution in [2.75, 3.05) is 6.26 Å². The molecule has 2 nitrogen and oxygen atoms in total. The van der Waals surface area contributed by atoms with E-state index in [-0.39, 0.29) is 6.10 Å². The highest BCUT2D eigenvalue weighted by atomic mass is 32.2. The summed E-state index contributed by atoms with van der Waals surface area (Å²) in [4.78, 5) is 5.98. The zero-order valence-electron chi connectivity index (χ0n) is 7.28. The predicted octanol–water partition coefficient (Wildman–Crippen LogP) is 2.36. The van der Waals surface area contributed by atoms with Crippen molar-refractivity contribution < 1.29 is 4.84 Å². The van der Waals surface area contributed by atoms with E-state index < -0.39 is 0 Å². The molecule has 1 rings (SSSR count). The van der Waals surface area contributed by atoms with Crippen molar-refractivity contribution in [2.45, 2.75) is 17.9 Å². The minimum absolute atomic E-state index is 0.0337. The van der Waals surface area contributed by atoms with E-state index in [4.69, 9.17) is 10.7 Å². The van der Waals surface area contributed by atoms with Crippen molar-refractivity contribution in [1.29, 1.82) is 0 Å². The number of thioether (sulfide) groups is 1. The van der Waals surface area contributed by atoms with Crippen molar-refractivity contribution in [3.05, 3.63) is 29.8 Å². The Kier molecular flexibility index (Phi) is 3.59. The third kappa shape index (κ3) is 2.00. The predicted molar refractivity (Wildman–Crippen MR) is 51.9 cm³/mol. The number of hydrogen-bond acceptors (Lipinski definition) is 3. The van der Waals surface area contributed by atoms with Gasteiger partial charge in [-0.15, -0.1) is 11.8 Å². The summed E-state index contributed by atoms with van der Waals surface area (Å²) < 4.78 is 0. The van der Waals surface area contributed by atoms with Crippen LogP contribution in [0.3, 0.4) is 0 Å². The molecule has 0 spiro atoms.